The Morgan fingerprint density at radius 1 is 1.47 bits per heavy atom. The van der Waals surface area contributed by atoms with E-state index in [1.807, 2.05) is 24.8 Å². The van der Waals surface area contributed by atoms with E-state index in [4.69, 9.17) is 0 Å². The lowest BCUT2D eigenvalue weighted by Gasteiger charge is -2.21. The highest BCUT2D eigenvalue weighted by molar-refractivity contribution is 5.84. The normalized spacial score (nSPS) is 16.9. The van der Waals surface area contributed by atoms with E-state index in [2.05, 4.69) is 15.3 Å². The van der Waals surface area contributed by atoms with Gasteiger partial charge in [-0.15, -0.1) is 0 Å². The standard InChI is InChI=1S/C12H18N4O/c1-9-5-6-13-12(14-9)15-10(2)11(17)16-7-3-4-8-16/h5-6,10H,3-4,7-8H2,1-2H3,(H,13,14,15). The molecule has 1 aromatic heterocycles. The van der Waals surface area contributed by atoms with Crippen LogP contribution in [0.2, 0.25) is 0 Å². The van der Waals surface area contributed by atoms with Crippen LogP contribution in [-0.2, 0) is 4.79 Å². The third-order valence-electron chi connectivity index (χ3n) is 2.93. The third kappa shape index (κ3) is 2.93. The van der Waals surface area contributed by atoms with Gasteiger partial charge in [0.15, 0.2) is 0 Å². The fourth-order valence-corrected chi connectivity index (χ4v) is 1.99. The zero-order valence-corrected chi connectivity index (χ0v) is 10.3. The fourth-order valence-electron chi connectivity index (χ4n) is 1.99. The van der Waals surface area contributed by atoms with Gasteiger partial charge in [0.05, 0.1) is 0 Å². The SMILES string of the molecule is Cc1ccnc(NC(C)C(=O)N2CCCC2)n1. The van der Waals surface area contributed by atoms with Crippen LogP contribution in [0, 0.1) is 6.92 Å². The first-order valence-electron chi connectivity index (χ1n) is 6.02. The number of likely N-dealkylation sites (tertiary alicyclic amines) is 1. The third-order valence-corrected chi connectivity index (χ3v) is 2.93. The molecule has 17 heavy (non-hydrogen) atoms. The largest absolute Gasteiger partial charge is 0.343 e. The molecular weight excluding hydrogens is 216 g/mol. The number of carbonyl (C=O) groups excluding carboxylic acids is 1. The summed E-state index contributed by atoms with van der Waals surface area (Å²) in [6, 6.07) is 1.56. The van der Waals surface area contributed by atoms with Gasteiger partial charge in [0, 0.05) is 25.0 Å². The molecule has 0 saturated carbocycles. The van der Waals surface area contributed by atoms with Gasteiger partial charge in [-0.25, -0.2) is 9.97 Å². The lowest BCUT2D eigenvalue weighted by atomic mass is 10.3. The van der Waals surface area contributed by atoms with Crippen molar-refractivity contribution in [3.05, 3.63) is 18.0 Å². The average Bonchev–Trinajstić information content (AvgIpc) is 2.81. The molecule has 1 fully saturated rings. The highest BCUT2D eigenvalue weighted by atomic mass is 16.2. The summed E-state index contributed by atoms with van der Waals surface area (Å²) < 4.78 is 0. The minimum absolute atomic E-state index is 0.132. The molecule has 0 spiro atoms. The second-order valence-electron chi connectivity index (χ2n) is 4.42. The van der Waals surface area contributed by atoms with Crippen LogP contribution in [0.4, 0.5) is 5.95 Å². The van der Waals surface area contributed by atoms with Crippen LogP contribution in [0.1, 0.15) is 25.5 Å². The molecule has 1 aliphatic rings. The van der Waals surface area contributed by atoms with Crippen molar-refractivity contribution >= 4 is 11.9 Å². The molecule has 0 aliphatic carbocycles. The van der Waals surface area contributed by atoms with Gasteiger partial charge in [0.1, 0.15) is 6.04 Å². The van der Waals surface area contributed by atoms with Crippen molar-refractivity contribution in [1.29, 1.82) is 0 Å². The van der Waals surface area contributed by atoms with E-state index < -0.39 is 0 Å². The summed E-state index contributed by atoms with van der Waals surface area (Å²) in [7, 11) is 0. The average molecular weight is 234 g/mol. The Kier molecular flexibility index (Phi) is 3.56. The molecule has 1 amide bonds. The number of amides is 1. The van der Waals surface area contributed by atoms with Crippen LogP contribution in [0.15, 0.2) is 12.3 Å². The number of carbonyl (C=O) groups is 1. The van der Waals surface area contributed by atoms with Gasteiger partial charge in [0.25, 0.3) is 0 Å². The van der Waals surface area contributed by atoms with Crippen LogP contribution in [0.25, 0.3) is 0 Å². The molecule has 0 bridgehead atoms. The van der Waals surface area contributed by atoms with Crippen molar-refractivity contribution in [2.45, 2.75) is 32.7 Å². The molecule has 5 nitrogen and oxygen atoms in total. The van der Waals surface area contributed by atoms with Crippen LogP contribution in [0.5, 0.6) is 0 Å². The molecule has 1 unspecified atom stereocenters. The van der Waals surface area contributed by atoms with E-state index >= 15 is 0 Å². The van der Waals surface area contributed by atoms with Crippen molar-refractivity contribution in [1.82, 2.24) is 14.9 Å². The Hall–Kier alpha value is -1.65. The summed E-state index contributed by atoms with van der Waals surface area (Å²) in [6.45, 7) is 5.51. The Labute approximate surface area is 101 Å². The van der Waals surface area contributed by atoms with E-state index in [9.17, 15) is 4.79 Å². The number of aromatic nitrogens is 2. The number of aryl methyl sites for hydroxylation is 1. The Morgan fingerprint density at radius 3 is 2.82 bits per heavy atom. The smallest absolute Gasteiger partial charge is 0.244 e. The van der Waals surface area contributed by atoms with Crippen molar-refractivity contribution < 1.29 is 4.79 Å². The van der Waals surface area contributed by atoms with Gasteiger partial charge in [-0.2, -0.15) is 0 Å². The van der Waals surface area contributed by atoms with Crippen molar-refractivity contribution in [3.8, 4) is 0 Å². The number of rotatable bonds is 3. The number of hydrogen-bond donors (Lipinski definition) is 1. The highest BCUT2D eigenvalue weighted by Gasteiger charge is 2.23. The summed E-state index contributed by atoms with van der Waals surface area (Å²) in [4.78, 5) is 22.3. The molecule has 1 saturated heterocycles. The lowest BCUT2D eigenvalue weighted by Crippen LogP contribution is -2.40. The lowest BCUT2D eigenvalue weighted by molar-refractivity contribution is -0.130. The second kappa shape index (κ2) is 5.12. The summed E-state index contributed by atoms with van der Waals surface area (Å²) in [6.07, 6.45) is 3.91. The molecule has 0 aromatic carbocycles. The van der Waals surface area contributed by atoms with E-state index in [0.29, 0.717) is 5.95 Å². The molecule has 1 aromatic rings. The topological polar surface area (TPSA) is 58.1 Å². The van der Waals surface area contributed by atoms with Crippen LogP contribution in [-0.4, -0.2) is 39.9 Å². The van der Waals surface area contributed by atoms with Crippen LogP contribution >= 0.6 is 0 Å². The maximum atomic E-state index is 12.0. The minimum Gasteiger partial charge on any atom is -0.343 e. The zero-order chi connectivity index (χ0) is 12.3. The molecule has 2 heterocycles. The Balaban J connectivity index is 1.96. The molecule has 1 atom stereocenters. The van der Waals surface area contributed by atoms with Crippen LogP contribution in [0.3, 0.4) is 0 Å². The molecule has 1 aliphatic heterocycles. The van der Waals surface area contributed by atoms with E-state index in [0.717, 1.165) is 31.6 Å². The predicted octanol–water partition coefficient (Wildman–Crippen LogP) is 1.21. The molecule has 0 radical (unpaired) electrons. The molecule has 2 rings (SSSR count). The molecule has 92 valence electrons. The first kappa shape index (κ1) is 11.8. The summed E-state index contributed by atoms with van der Waals surface area (Å²) in [5, 5.41) is 3.05. The van der Waals surface area contributed by atoms with Crippen molar-refractivity contribution in [2.75, 3.05) is 18.4 Å². The maximum absolute atomic E-state index is 12.0. The number of nitrogens with one attached hydrogen (secondary N) is 1. The Bertz CT molecular complexity index is 401. The fraction of sp³-hybridized carbons (Fsp3) is 0.583. The van der Waals surface area contributed by atoms with Gasteiger partial charge in [-0.3, -0.25) is 4.79 Å². The van der Waals surface area contributed by atoms with Gasteiger partial charge in [-0.05, 0) is 32.8 Å². The maximum Gasteiger partial charge on any atom is 0.244 e. The Morgan fingerprint density at radius 2 is 2.18 bits per heavy atom. The van der Waals surface area contributed by atoms with E-state index in [1.165, 1.54) is 0 Å². The predicted molar refractivity (Wildman–Crippen MR) is 65.7 cm³/mol. The van der Waals surface area contributed by atoms with Crippen molar-refractivity contribution in [3.63, 3.8) is 0 Å². The summed E-state index contributed by atoms with van der Waals surface area (Å²) in [5.41, 5.74) is 0.892. The van der Waals surface area contributed by atoms with Gasteiger partial charge >= 0.3 is 0 Å². The van der Waals surface area contributed by atoms with E-state index in [-0.39, 0.29) is 11.9 Å². The summed E-state index contributed by atoms with van der Waals surface area (Å²) >= 11 is 0. The molecule has 5 heteroatoms. The van der Waals surface area contributed by atoms with E-state index in [1.54, 1.807) is 6.20 Å². The first-order valence-corrected chi connectivity index (χ1v) is 6.02. The van der Waals surface area contributed by atoms with Gasteiger partial charge in [0.2, 0.25) is 11.9 Å². The van der Waals surface area contributed by atoms with Crippen LogP contribution < -0.4 is 5.32 Å². The minimum atomic E-state index is -0.269. The first-order chi connectivity index (χ1) is 8.16. The second-order valence-corrected chi connectivity index (χ2v) is 4.42. The quantitative estimate of drug-likeness (QED) is 0.854. The summed E-state index contributed by atoms with van der Waals surface area (Å²) in [5.74, 6) is 0.651. The number of hydrogen-bond acceptors (Lipinski definition) is 4. The monoisotopic (exact) mass is 234 g/mol. The van der Waals surface area contributed by atoms with Crippen molar-refractivity contribution in [2.24, 2.45) is 0 Å². The highest BCUT2D eigenvalue weighted by Crippen LogP contribution is 2.10. The number of anilines is 1. The van der Waals surface area contributed by atoms with Gasteiger partial charge < -0.3 is 10.2 Å². The molecule has 1 N–H and O–H groups in total. The zero-order valence-electron chi connectivity index (χ0n) is 10.3. The molecular formula is C12H18N4O. The van der Waals surface area contributed by atoms with Gasteiger partial charge in [-0.1, -0.05) is 0 Å². The number of nitrogens with zero attached hydrogens (tertiary/aromatic N) is 3.